The van der Waals surface area contributed by atoms with Crippen LogP contribution in [0.1, 0.15) is 19.3 Å². The third-order valence-corrected chi connectivity index (χ3v) is 2.32. The fourth-order valence-corrected chi connectivity index (χ4v) is 1.47. The van der Waals surface area contributed by atoms with E-state index in [1.54, 1.807) is 0 Å². The van der Waals surface area contributed by atoms with Crippen LogP contribution < -0.4 is 11.5 Å². The van der Waals surface area contributed by atoms with Gasteiger partial charge in [-0.15, -0.1) is 0 Å². The summed E-state index contributed by atoms with van der Waals surface area (Å²) in [7, 11) is 0. The van der Waals surface area contributed by atoms with E-state index in [-0.39, 0.29) is 0 Å². The number of nitrogens with zero attached hydrogens (tertiary/aromatic N) is 1. The second-order valence-electron chi connectivity index (χ2n) is 3.35. The maximum absolute atomic E-state index is 10.6. The second kappa shape index (κ2) is 4.42. The van der Waals surface area contributed by atoms with E-state index in [9.17, 15) is 4.79 Å². The molecule has 1 rings (SSSR count). The van der Waals surface area contributed by atoms with Crippen molar-refractivity contribution in [2.75, 3.05) is 19.6 Å². The van der Waals surface area contributed by atoms with Crippen LogP contribution in [-0.4, -0.2) is 36.5 Å². The molecule has 1 saturated heterocycles. The van der Waals surface area contributed by atoms with Gasteiger partial charge < -0.3 is 16.4 Å². The lowest BCUT2D eigenvalue weighted by atomic mass is 10.2. The SMILES string of the molecule is NC(=O)C(N)CCN1CCCC1. The molecule has 0 aromatic heterocycles. The molecule has 0 aromatic carbocycles. The van der Waals surface area contributed by atoms with E-state index in [0.29, 0.717) is 6.42 Å². The van der Waals surface area contributed by atoms with Crippen LogP contribution in [-0.2, 0) is 4.79 Å². The average molecular weight is 171 g/mol. The van der Waals surface area contributed by atoms with Crippen molar-refractivity contribution >= 4 is 5.91 Å². The van der Waals surface area contributed by atoms with Crippen molar-refractivity contribution in [2.24, 2.45) is 11.5 Å². The van der Waals surface area contributed by atoms with Gasteiger partial charge in [0.2, 0.25) is 5.91 Å². The summed E-state index contributed by atoms with van der Waals surface area (Å²) in [6.07, 6.45) is 3.23. The van der Waals surface area contributed by atoms with Gasteiger partial charge in [-0.1, -0.05) is 0 Å². The lowest BCUT2D eigenvalue weighted by molar-refractivity contribution is -0.119. The molecule has 1 amide bonds. The highest BCUT2D eigenvalue weighted by Crippen LogP contribution is 2.07. The predicted octanol–water partition coefficient (Wildman–Crippen LogP) is -0.715. The lowest BCUT2D eigenvalue weighted by Crippen LogP contribution is -2.39. The van der Waals surface area contributed by atoms with Gasteiger partial charge in [0.25, 0.3) is 0 Å². The zero-order valence-electron chi connectivity index (χ0n) is 7.33. The normalized spacial score (nSPS) is 21.1. The molecule has 1 aliphatic rings. The first-order chi connectivity index (χ1) is 5.70. The number of carbonyl (C=O) groups excluding carboxylic acids is 1. The largest absolute Gasteiger partial charge is 0.368 e. The highest BCUT2D eigenvalue weighted by molar-refractivity contribution is 5.79. The van der Waals surface area contributed by atoms with Crippen LogP contribution >= 0.6 is 0 Å². The van der Waals surface area contributed by atoms with Crippen LogP contribution in [0.4, 0.5) is 0 Å². The quantitative estimate of drug-likeness (QED) is 0.586. The first kappa shape index (κ1) is 9.48. The van der Waals surface area contributed by atoms with Crippen molar-refractivity contribution in [1.82, 2.24) is 4.90 Å². The van der Waals surface area contributed by atoms with E-state index in [4.69, 9.17) is 11.5 Å². The minimum absolute atomic E-state index is 0.394. The van der Waals surface area contributed by atoms with E-state index in [2.05, 4.69) is 4.90 Å². The minimum atomic E-state index is -0.467. The molecule has 70 valence electrons. The Morgan fingerprint density at radius 1 is 1.42 bits per heavy atom. The molecule has 1 fully saturated rings. The summed E-state index contributed by atoms with van der Waals surface area (Å²) in [6.45, 7) is 3.20. The van der Waals surface area contributed by atoms with E-state index in [1.165, 1.54) is 12.8 Å². The Balaban J connectivity index is 2.11. The summed E-state index contributed by atoms with van der Waals surface area (Å²) in [5.41, 5.74) is 10.5. The van der Waals surface area contributed by atoms with Crippen LogP contribution in [0.25, 0.3) is 0 Å². The van der Waals surface area contributed by atoms with E-state index in [1.807, 2.05) is 0 Å². The second-order valence-corrected chi connectivity index (χ2v) is 3.35. The smallest absolute Gasteiger partial charge is 0.234 e. The molecular weight excluding hydrogens is 154 g/mol. The molecular formula is C8H17N3O. The van der Waals surface area contributed by atoms with E-state index < -0.39 is 11.9 Å². The number of carbonyl (C=O) groups is 1. The molecule has 1 heterocycles. The van der Waals surface area contributed by atoms with Gasteiger partial charge in [0.05, 0.1) is 6.04 Å². The number of nitrogens with two attached hydrogens (primary N) is 2. The number of amides is 1. The summed E-state index contributed by atoms with van der Waals surface area (Å²) < 4.78 is 0. The lowest BCUT2D eigenvalue weighted by Gasteiger charge is -2.15. The molecule has 0 saturated carbocycles. The Morgan fingerprint density at radius 3 is 2.50 bits per heavy atom. The molecule has 4 nitrogen and oxygen atoms in total. The number of rotatable bonds is 4. The average Bonchev–Trinajstić information content (AvgIpc) is 2.51. The molecule has 0 aliphatic carbocycles. The molecule has 0 bridgehead atoms. The molecule has 4 N–H and O–H groups in total. The van der Waals surface area contributed by atoms with Crippen LogP contribution in [0.15, 0.2) is 0 Å². The van der Waals surface area contributed by atoms with Crippen molar-refractivity contribution in [3.8, 4) is 0 Å². The zero-order chi connectivity index (χ0) is 8.97. The van der Waals surface area contributed by atoms with Crippen molar-refractivity contribution in [2.45, 2.75) is 25.3 Å². The van der Waals surface area contributed by atoms with Gasteiger partial charge in [0.15, 0.2) is 0 Å². The number of hydrogen-bond donors (Lipinski definition) is 2. The summed E-state index contributed by atoms with van der Waals surface area (Å²) in [5.74, 6) is -0.394. The van der Waals surface area contributed by atoms with Crippen molar-refractivity contribution in [3.63, 3.8) is 0 Å². The van der Waals surface area contributed by atoms with Gasteiger partial charge in [-0.05, 0) is 32.4 Å². The third-order valence-electron chi connectivity index (χ3n) is 2.32. The van der Waals surface area contributed by atoms with Crippen LogP contribution in [0.2, 0.25) is 0 Å². The molecule has 1 unspecified atom stereocenters. The molecule has 1 atom stereocenters. The standard InChI is InChI=1S/C8H17N3O/c9-7(8(10)12)3-6-11-4-1-2-5-11/h7H,1-6,9H2,(H2,10,12). The van der Waals surface area contributed by atoms with Crippen LogP contribution in [0.5, 0.6) is 0 Å². The van der Waals surface area contributed by atoms with Crippen LogP contribution in [0.3, 0.4) is 0 Å². The first-order valence-corrected chi connectivity index (χ1v) is 4.47. The summed E-state index contributed by atoms with van der Waals surface area (Å²) >= 11 is 0. The van der Waals surface area contributed by atoms with Gasteiger partial charge in [-0.2, -0.15) is 0 Å². The fraction of sp³-hybridized carbons (Fsp3) is 0.875. The van der Waals surface area contributed by atoms with Gasteiger partial charge in [0.1, 0.15) is 0 Å². The topological polar surface area (TPSA) is 72.3 Å². The highest BCUT2D eigenvalue weighted by atomic mass is 16.1. The fourth-order valence-electron chi connectivity index (χ4n) is 1.47. The van der Waals surface area contributed by atoms with Gasteiger partial charge >= 0.3 is 0 Å². The minimum Gasteiger partial charge on any atom is -0.368 e. The van der Waals surface area contributed by atoms with Gasteiger partial charge in [-0.3, -0.25) is 4.79 Å². The Hall–Kier alpha value is -0.610. The Morgan fingerprint density at radius 2 is 2.00 bits per heavy atom. The monoisotopic (exact) mass is 171 g/mol. The van der Waals surface area contributed by atoms with Crippen molar-refractivity contribution in [3.05, 3.63) is 0 Å². The highest BCUT2D eigenvalue weighted by Gasteiger charge is 2.14. The number of primary amides is 1. The maximum Gasteiger partial charge on any atom is 0.234 e. The van der Waals surface area contributed by atoms with E-state index in [0.717, 1.165) is 19.6 Å². The molecule has 1 aliphatic heterocycles. The molecule has 4 heteroatoms. The maximum atomic E-state index is 10.6. The third kappa shape index (κ3) is 2.79. The summed E-state index contributed by atoms with van der Waals surface area (Å²) in [5, 5.41) is 0. The summed E-state index contributed by atoms with van der Waals surface area (Å²) in [4.78, 5) is 12.9. The van der Waals surface area contributed by atoms with E-state index >= 15 is 0 Å². The first-order valence-electron chi connectivity index (χ1n) is 4.47. The number of hydrogen-bond acceptors (Lipinski definition) is 3. The summed E-state index contributed by atoms with van der Waals surface area (Å²) in [6, 6.07) is -0.467. The Labute approximate surface area is 72.9 Å². The van der Waals surface area contributed by atoms with Crippen LogP contribution in [0, 0.1) is 0 Å². The Kier molecular flexibility index (Phi) is 3.49. The molecule has 12 heavy (non-hydrogen) atoms. The molecule has 0 aromatic rings. The predicted molar refractivity (Wildman–Crippen MR) is 47.5 cm³/mol. The van der Waals surface area contributed by atoms with Gasteiger partial charge in [-0.25, -0.2) is 0 Å². The zero-order valence-corrected chi connectivity index (χ0v) is 7.33. The molecule has 0 radical (unpaired) electrons. The van der Waals surface area contributed by atoms with Gasteiger partial charge in [0, 0.05) is 6.54 Å². The van der Waals surface area contributed by atoms with Crippen molar-refractivity contribution < 1.29 is 4.79 Å². The van der Waals surface area contributed by atoms with Crippen molar-refractivity contribution in [1.29, 1.82) is 0 Å². The molecule has 0 spiro atoms. The number of likely N-dealkylation sites (tertiary alicyclic amines) is 1. The Bertz CT molecular complexity index is 154.